The molecule has 0 saturated heterocycles. The van der Waals surface area contributed by atoms with Crippen LogP contribution in [0.15, 0.2) is 23.8 Å². The predicted octanol–water partition coefficient (Wildman–Crippen LogP) is 7.41. The SMILES string of the molecule is CC(C)C(C)/C=C\C(C)[C@H]1CCC2C3CC=C4C[C@@H](O)CC[C@]4(C)C3CC[C@@]21C. The molecule has 3 saturated carbocycles. The van der Waals surface area contributed by atoms with Gasteiger partial charge in [-0.3, -0.25) is 0 Å². The molecule has 0 aromatic rings. The van der Waals surface area contributed by atoms with E-state index in [1.54, 1.807) is 5.57 Å². The molecule has 0 radical (unpaired) electrons. The van der Waals surface area contributed by atoms with Crippen LogP contribution in [0.4, 0.5) is 0 Å². The molecule has 0 bridgehead atoms. The Balaban J connectivity index is 1.53. The lowest BCUT2D eigenvalue weighted by Gasteiger charge is -2.58. The third kappa shape index (κ3) is 3.58. The zero-order valence-electron chi connectivity index (χ0n) is 20.0. The normalized spacial score (nSPS) is 46.8. The highest BCUT2D eigenvalue weighted by Crippen LogP contribution is 2.67. The highest BCUT2D eigenvalue weighted by Gasteiger charge is 2.58. The summed E-state index contributed by atoms with van der Waals surface area (Å²) in [5, 5.41) is 10.2. The summed E-state index contributed by atoms with van der Waals surface area (Å²) in [6.45, 7) is 14.7. The van der Waals surface area contributed by atoms with Gasteiger partial charge in [0.15, 0.2) is 0 Å². The lowest BCUT2D eigenvalue weighted by Crippen LogP contribution is -2.50. The van der Waals surface area contributed by atoms with Crippen LogP contribution in [-0.4, -0.2) is 11.2 Å². The molecule has 1 heteroatoms. The second-order valence-corrected chi connectivity index (χ2v) is 12.2. The first kappa shape index (κ1) is 21.7. The Morgan fingerprint density at radius 1 is 0.966 bits per heavy atom. The summed E-state index contributed by atoms with van der Waals surface area (Å²) in [7, 11) is 0. The summed E-state index contributed by atoms with van der Waals surface area (Å²) in [6, 6.07) is 0. The Labute approximate surface area is 180 Å². The highest BCUT2D eigenvalue weighted by atomic mass is 16.3. The molecule has 29 heavy (non-hydrogen) atoms. The van der Waals surface area contributed by atoms with Crippen LogP contribution in [0.25, 0.3) is 0 Å². The molecule has 0 heterocycles. The third-order valence-corrected chi connectivity index (χ3v) is 10.6. The van der Waals surface area contributed by atoms with Crippen molar-refractivity contribution in [2.75, 3.05) is 0 Å². The second kappa shape index (κ2) is 7.85. The van der Waals surface area contributed by atoms with Crippen LogP contribution >= 0.6 is 0 Å². The van der Waals surface area contributed by atoms with E-state index in [0.717, 1.165) is 42.4 Å². The fraction of sp³-hybridized carbons (Fsp3) is 0.857. The summed E-state index contributed by atoms with van der Waals surface area (Å²) >= 11 is 0. The predicted molar refractivity (Wildman–Crippen MR) is 124 cm³/mol. The molecule has 4 aliphatic rings. The van der Waals surface area contributed by atoms with E-state index in [4.69, 9.17) is 0 Å². The molecule has 9 atom stereocenters. The van der Waals surface area contributed by atoms with Crippen LogP contribution in [0.5, 0.6) is 0 Å². The first-order valence-corrected chi connectivity index (χ1v) is 12.7. The number of fused-ring (bicyclic) bond motifs is 5. The smallest absolute Gasteiger partial charge is 0.0577 e. The second-order valence-electron chi connectivity index (χ2n) is 12.2. The minimum Gasteiger partial charge on any atom is -0.393 e. The monoisotopic (exact) mass is 398 g/mol. The van der Waals surface area contributed by atoms with Gasteiger partial charge < -0.3 is 5.11 Å². The first-order chi connectivity index (χ1) is 13.7. The van der Waals surface area contributed by atoms with E-state index >= 15 is 0 Å². The quantitative estimate of drug-likeness (QED) is 0.489. The van der Waals surface area contributed by atoms with E-state index in [1.807, 2.05) is 0 Å². The zero-order chi connectivity index (χ0) is 21.0. The minimum atomic E-state index is -0.0866. The Bertz CT molecular complexity index is 659. The number of hydrogen-bond acceptors (Lipinski definition) is 1. The molecule has 0 aliphatic heterocycles. The molecule has 0 amide bonds. The molecule has 3 fully saturated rings. The summed E-state index contributed by atoms with van der Waals surface area (Å²) in [5.74, 6) is 5.63. The maximum atomic E-state index is 10.2. The van der Waals surface area contributed by atoms with Crippen LogP contribution in [0.2, 0.25) is 0 Å². The Morgan fingerprint density at radius 2 is 1.72 bits per heavy atom. The average Bonchev–Trinajstić information content (AvgIpc) is 3.03. The largest absolute Gasteiger partial charge is 0.393 e. The molecule has 5 unspecified atom stereocenters. The maximum absolute atomic E-state index is 10.2. The van der Waals surface area contributed by atoms with E-state index in [2.05, 4.69) is 59.8 Å². The molecule has 164 valence electrons. The Morgan fingerprint density at radius 3 is 2.45 bits per heavy atom. The van der Waals surface area contributed by atoms with Crippen molar-refractivity contribution in [1.82, 2.24) is 0 Å². The van der Waals surface area contributed by atoms with Gasteiger partial charge in [-0.2, -0.15) is 0 Å². The van der Waals surface area contributed by atoms with Crippen LogP contribution in [0.1, 0.15) is 92.9 Å². The molecule has 0 spiro atoms. The van der Waals surface area contributed by atoms with Gasteiger partial charge in [0.25, 0.3) is 0 Å². The third-order valence-electron chi connectivity index (χ3n) is 10.6. The van der Waals surface area contributed by atoms with E-state index in [-0.39, 0.29) is 6.10 Å². The topological polar surface area (TPSA) is 20.2 Å². The van der Waals surface area contributed by atoms with Crippen molar-refractivity contribution in [1.29, 1.82) is 0 Å². The highest BCUT2D eigenvalue weighted by molar-refractivity contribution is 5.25. The van der Waals surface area contributed by atoms with Gasteiger partial charge in [-0.1, -0.05) is 65.3 Å². The van der Waals surface area contributed by atoms with Crippen LogP contribution in [0.3, 0.4) is 0 Å². The minimum absolute atomic E-state index is 0.0866. The molecular weight excluding hydrogens is 352 g/mol. The molecule has 4 rings (SSSR count). The molecule has 1 nitrogen and oxygen atoms in total. The molecular formula is C28H46O. The van der Waals surface area contributed by atoms with Gasteiger partial charge in [0.1, 0.15) is 0 Å². The van der Waals surface area contributed by atoms with Gasteiger partial charge >= 0.3 is 0 Å². The Hall–Kier alpha value is -0.560. The fourth-order valence-electron chi connectivity index (χ4n) is 8.25. The van der Waals surface area contributed by atoms with Gasteiger partial charge in [-0.25, -0.2) is 0 Å². The molecule has 4 aliphatic carbocycles. The number of hydrogen-bond donors (Lipinski definition) is 1. The van der Waals surface area contributed by atoms with Crippen molar-refractivity contribution in [2.45, 2.75) is 99.0 Å². The van der Waals surface area contributed by atoms with Gasteiger partial charge in [0, 0.05) is 0 Å². The van der Waals surface area contributed by atoms with Gasteiger partial charge in [0.2, 0.25) is 0 Å². The summed E-state index contributed by atoms with van der Waals surface area (Å²) < 4.78 is 0. The number of aliphatic hydroxyl groups is 1. The molecule has 0 aromatic heterocycles. The maximum Gasteiger partial charge on any atom is 0.0577 e. The van der Waals surface area contributed by atoms with Crippen LogP contribution in [0, 0.1) is 52.3 Å². The molecule has 1 N–H and O–H groups in total. The lowest BCUT2D eigenvalue weighted by molar-refractivity contribution is -0.0540. The van der Waals surface area contributed by atoms with E-state index < -0.39 is 0 Å². The van der Waals surface area contributed by atoms with Crippen molar-refractivity contribution in [3.63, 3.8) is 0 Å². The first-order valence-electron chi connectivity index (χ1n) is 12.7. The average molecular weight is 399 g/mol. The Kier molecular flexibility index (Phi) is 5.86. The van der Waals surface area contributed by atoms with E-state index in [0.29, 0.717) is 22.7 Å². The van der Waals surface area contributed by atoms with Crippen molar-refractivity contribution < 1.29 is 5.11 Å². The fourth-order valence-corrected chi connectivity index (χ4v) is 8.25. The van der Waals surface area contributed by atoms with Gasteiger partial charge in [-0.05, 0) is 104 Å². The van der Waals surface area contributed by atoms with Gasteiger partial charge in [0.05, 0.1) is 6.10 Å². The van der Waals surface area contributed by atoms with Crippen molar-refractivity contribution in [2.24, 2.45) is 52.3 Å². The van der Waals surface area contributed by atoms with E-state index in [1.165, 1.54) is 38.5 Å². The standard InChI is InChI=1S/C28H46O/c1-18(2)19(3)7-8-20(4)24-11-12-25-23-10-9-21-17-22(29)13-15-27(21,5)26(23)14-16-28(24,25)6/h7-9,18-20,22-26,29H,10-17H2,1-6H3/b8-7-/t19?,20?,22-,23?,24+,25?,26?,27-,28+/m0/s1. The van der Waals surface area contributed by atoms with E-state index in [9.17, 15) is 5.11 Å². The van der Waals surface area contributed by atoms with Crippen molar-refractivity contribution >= 4 is 0 Å². The summed E-state index contributed by atoms with van der Waals surface area (Å²) in [4.78, 5) is 0. The number of rotatable bonds is 4. The van der Waals surface area contributed by atoms with Crippen molar-refractivity contribution in [3.05, 3.63) is 23.8 Å². The van der Waals surface area contributed by atoms with Crippen LogP contribution < -0.4 is 0 Å². The van der Waals surface area contributed by atoms with Crippen molar-refractivity contribution in [3.8, 4) is 0 Å². The summed E-state index contributed by atoms with van der Waals surface area (Å²) in [6.07, 6.45) is 17.7. The number of allylic oxidation sites excluding steroid dienone is 3. The number of aliphatic hydroxyl groups excluding tert-OH is 1. The van der Waals surface area contributed by atoms with Gasteiger partial charge in [-0.15, -0.1) is 0 Å². The zero-order valence-corrected chi connectivity index (χ0v) is 20.0. The molecule has 0 aromatic carbocycles. The van der Waals surface area contributed by atoms with Crippen LogP contribution in [-0.2, 0) is 0 Å². The lowest BCUT2D eigenvalue weighted by atomic mass is 9.47. The summed E-state index contributed by atoms with van der Waals surface area (Å²) in [5.41, 5.74) is 2.51.